The minimum absolute atomic E-state index is 0.118. The summed E-state index contributed by atoms with van der Waals surface area (Å²) in [5, 5.41) is 3.30. The van der Waals surface area contributed by atoms with Crippen LogP contribution in [0.1, 0.15) is 32.8 Å². The molecule has 1 aromatic carbocycles. The highest BCUT2D eigenvalue weighted by Crippen LogP contribution is 2.13. The lowest BCUT2D eigenvalue weighted by molar-refractivity contribution is 0.587. The average molecular weight is 284 g/mol. The lowest BCUT2D eigenvalue weighted by atomic mass is 10.2. The minimum Gasteiger partial charge on any atom is -0.313 e. The van der Waals surface area contributed by atoms with E-state index in [1.165, 1.54) is 0 Å². The van der Waals surface area contributed by atoms with Gasteiger partial charge in [-0.1, -0.05) is 32.9 Å². The Hall–Kier alpha value is -1.07. The fourth-order valence-electron chi connectivity index (χ4n) is 1.81. The highest BCUT2D eigenvalue weighted by molar-refractivity contribution is 7.92. The summed E-state index contributed by atoms with van der Waals surface area (Å²) in [5.74, 6) is 0.262. The molecule has 0 saturated heterocycles. The van der Waals surface area contributed by atoms with Crippen molar-refractivity contribution < 1.29 is 8.42 Å². The Morgan fingerprint density at radius 3 is 2.63 bits per heavy atom. The molecule has 19 heavy (non-hydrogen) atoms. The summed E-state index contributed by atoms with van der Waals surface area (Å²) in [4.78, 5) is 0. The first kappa shape index (κ1) is 16.0. The summed E-state index contributed by atoms with van der Waals surface area (Å²) in [5.41, 5.74) is 1.72. The van der Waals surface area contributed by atoms with Crippen molar-refractivity contribution >= 4 is 15.7 Å². The molecule has 0 atom stereocenters. The monoisotopic (exact) mass is 284 g/mol. The Kier molecular flexibility index (Phi) is 6.31. The molecular weight excluding hydrogens is 260 g/mol. The van der Waals surface area contributed by atoms with Gasteiger partial charge in [-0.15, -0.1) is 0 Å². The van der Waals surface area contributed by atoms with E-state index in [-0.39, 0.29) is 11.7 Å². The number of hydrogen-bond donors (Lipinski definition) is 2. The molecule has 1 aromatic rings. The van der Waals surface area contributed by atoms with Crippen molar-refractivity contribution in [2.24, 2.45) is 5.92 Å². The zero-order chi connectivity index (χ0) is 14.3. The van der Waals surface area contributed by atoms with E-state index in [1.807, 2.05) is 32.0 Å². The molecular formula is C14H24N2O2S. The molecule has 0 aliphatic carbocycles. The van der Waals surface area contributed by atoms with E-state index in [4.69, 9.17) is 0 Å². The van der Waals surface area contributed by atoms with Crippen LogP contribution in [0.5, 0.6) is 0 Å². The third-order valence-electron chi connectivity index (χ3n) is 2.51. The average Bonchev–Trinajstić information content (AvgIpc) is 2.27. The molecule has 4 nitrogen and oxygen atoms in total. The van der Waals surface area contributed by atoms with Crippen molar-refractivity contribution in [3.63, 3.8) is 0 Å². The van der Waals surface area contributed by atoms with Gasteiger partial charge in [0.2, 0.25) is 10.0 Å². The van der Waals surface area contributed by atoms with Crippen molar-refractivity contribution in [2.45, 2.75) is 33.7 Å². The minimum atomic E-state index is -3.25. The fraction of sp³-hybridized carbons (Fsp3) is 0.571. The Morgan fingerprint density at radius 2 is 2.00 bits per heavy atom. The van der Waals surface area contributed by atoms with Gasteiger partial charge < -0.3 is 5.32 Å². The molecule has 0 radical (unpaired) electrons. The fourth-order valence-corrected chi connectivity index (χ4v) is 3.26. The Bertz CT molecular complexity index is 484. The highest BCUT2D eigenvalue weighted by Gasteiger charge is 2.12. The van der Waals surface area contributed by atoms with Gasteiger partial charge in [-0.25, -0.2) is 8.42 Å². The summed E-state index contributed by atoms with van der Waals surface area (Å²) in [6.45, 7) is 7.62. The van der Waals surface area contributed by atoms with E-state index in [1.54, 1.807) is 6.07 Å². The Labute approximate surface area is 116 Å². The third-order valence-corrected chi connectivity index (χ3v) is 4.16. The van der Waals surface area contributed by atoms with E-state index < -0.39 is 10.0 Å². The topological polar surface area (TPSA) is 58.2 Å². The highest BCUT2D eigenvalue weighted by atomic mass is 32.2. The van der Waals surface area contributed by atoms with Crippen LogP contribution in [0.3, 0.4) is 0 Å². The molecule has 0 fully saturated rings. The molecule has 0 heterocycles. The number of rotatable bonds is 8. The smallest absolute Gasteiger partial charge is 0.232 e. The first-order valence-corrected chi connectivity index (χ1v) is 8.38. The van der Waals surface area contributed by atoms with Crippen LogP contribution in [0.2, 0.25) is 0 Å². The number of hydrogen-bond acceptors (Lipinski definition) is 3. The van der Waals surface area contributed by atoms with Crippen LogP contribution in [0, 0.1) is 5.92 Å². The molecule has 0 spiro atoms. The van der Waals surface area contributed by atoms with Gasteiger partial charge in [0, 0.05) is 12.2 Å². The van der Waals surface area contributed by atoms with Crippen LogP contribution >= 0.6 is 0 Å². The third kappa shape index (κ3) is 6.59. The maximum absolute atomic E-state index is 11.9. The maximum Gasteiger partial charge on any atom is 0.232 e. The lowest BCUT2D eigenvalue weighted by Gasteiger charge is -2.11. The molecule has 108 valence electrons. The van der Waals surface area contributed by atoms with Gasteiger partial charge >= 0.3 is 0 Å². The molecule has 0 amide bonds. The van der Waals surface area contributed by atoms with Gasteiger partial charge in [0.15, 0.2) is 0 Å². The van der Waals surface area contributed by atoms with Crippen LogP contribution in [-0.4, -0.2) is 20.7 Å². The maximum atomic E-state index is 11.9. The molecule has 5 heteroatoms. The van der Waals surface area contributed by atoms with E-state index in [0.29, 0.717) is 5.69 Å². The summed E-state index contributed by atoms with van der Waals surface area (Å²) < 4.78 is 26.3. The second-order valence-electron chi connectivity index (χ2n) is 5.15. The Morgan fingerprint density at radius 1 is 1.26 bits per heavy atom. The first-order chi connectivity index (χ1) is 8.93. The van der Waals surface area contributed by atoms with Crippen LogP contribution in [0.4, 0.5) is 5.69 Å². The second-order valence-corrected chi connectivity index (χ2v) is 6.92. The predicted molar refractivity (Wildman–Crippen MR) is 80.7 cm³/mol. The number of sulfonamides is 1. The van der Waals surface area contributed by atoms with Crippen LogP contribution in [-0.2, 0) is 16.6 Å². The van der Waals surface area contributed by atoms with Crippen molar-refractivity contribution in [3.8, 4) is 0 Å². The zero-order valence-electron chi connectivity index (χ0n) is 11.9. The Balaban J connectivity index is 2.66. The molecule has 0 aliphatic rings. The van der Waals surface area contributed by atoms with Gasteiger partial charge in [0.25, 0.3) is 0 Å². The van der Waals surface area contributed by atoms with Gasteiger partial charge in [-0.2, -0.15) is 0 Å². The molecule has 0 aliphatic heterocycles. The quantitative estimate of drug-likeness (QED) is 0.721. The van der Waals surface area contributed by atoms with E-state index >= 15 is 0 Å². The predicted octanol–water partition coefficient (Wildman–Crippen LogP) is 2.58. The molecule has 0 bridgehead atoms. The number of nitrogens with one attached hydrogen (secondary N) is 2. The molecule has 0 saturated carbocycles. The molecule has 1 rings (SSSR count). The SMILES string of the molecule is CCCNCc1cccc(NS(=O)(=O)CC(C)C)c1. The first-order valence-electron chi connectivity index (χ1n) is 6.73. The summed E-state index contributed by atoms with van der Waals surface area (Å²) >= 11 is 0. The molecule has 2 N–H and O–H groups in total. The number of anilines is 1. The molecule has 0 aromatic heterocycles. The number of benzene rings is 1. The van der Waals surface area contributed by atoms with Crippen molar-refractivity contribution in [1.29, 1.82) is 0 Å². The normalized spacial score (nSPS) is 11.8. The zero-order valence-corrected chi connectivity index (χ0v) is 12.8. The van der Waals surface area contributed by atoms with Crippen molar-refractivity contribution in [2.75, 3.05) is 17.0 Å². The molecule has 0 unspecified atom stereocenters. The summed E-state index contributed by atoms with van der Waals surface area (Å²) in [7, 11) is -3.25. The van der Waals surface area contributed by atoms with Crippen LogP contribution in [0.25, 0.3) is 0 Å². The van der Waals surface area contributed by atoms with Crippen LogP contribution < -0.4 is 10.0 Å². The van der Waals surface area contributed by atoms with Gasteiger partial charge in [-0.05, 0) is 36.6 Å². The lowest BCUT2D eigenvalue weighted by Crippen LogP contribution is -2.20. The van der Waals surface area contributed by atoms with Gasteiger partial charge in [-0.3, -0.25) is 4.72 Å². The van der Waals surface area contributed by atoms with E-state index in [0.717, 1.165) is 25.1 Å². The van der Waals surface area contributed by atoms with Gasteiger partial charge in [0.05, 0.1) is 5.75 Å². The summed E-state index contributed by atoms with van der Waals surface area (Å²) in [6, 6.07) is 7.51. The second kappa shape index (κ2) is 7.50. The largest absolute Gasteiger partial charge is 0.313 e. The van der Waals surface area contributed by atoms with Crippen molar-refractivity contribution in [3.05, 3.63) is 29.8 Å². The van der Waals surface area contributed by atoms with E-state index in [2.05, 4.69) is 17.0 Å². The van der Waals surface area contributed by atoms with Crippen LogP contribution in [0.15, 0.2) is 24.3 Å². The standard InChI is InChI=1S/C14H24N2O2S/c1-4-8-15-10-13-6-5-7-14(9-13)16-19(17,18)11-12(2)3/h5-7,9,12,15-16H,4,8,10-11H2,1-3H3. The van der Waals surface area contributed by atoms with Crippen molar-refractivity contribution in [1.82, 2.24) is 5.32 Å². The van der Waals surface area contributed by atoms with E-state index in [9.17, 15) is 8.42 Å². The summed E-state index contributed by atoms with van der Waals surface area (Å²) in [6.07, 6.45) is 1.08. The van der Waals surface area contributed by atoms with Gasteiger partial charge in [0.1, 0.15) is 0 Å².